The zero-order valence-corrected chi connectivity index (χ0v) is 11.8. The van der Waals surface area contributed by atoms with Gasteiger partial charge in [-0.1, -0.05) is 24.3 Å². The van der Waals surface area contributed by atoms with E-state index in [1.807, 2.05) is 24.3 Å². The minimum Gasteiger partial charge on any atom is -0.373 e. The highest BCUT2D eigenvalue weighted by Crippen LogP contribution is 2.29. The van der Waals surface area contributed by atoms with Crippen LogP contribution < -0.4 is 5.32 Å². The summed E-state index contributed by atoms with van der Waals surface area (Å²) in [5.74, 6) is 0. The molecule has 0 radical (unpaired) electrons. The van der Waals surface area contributed by atoms with Gasteiger partial charge in [-0.05, 0) is 36.8 Å². The zero-order chi connectivity index (χ0) is 12.4. The lowest BCUT2D eigenvalue weighted by Crippen LogP contribution is -2.41. The molecule has 0 spiro atoms. The molecule has 2 nitrogen and oxygen atoms in total. The Labute approximate surface area is 120 Å². The van der Waals surface area contributed by atoms with Gasteiger partial charge in [0.1, 0.15) is 6.67 Å². The number of fused-ring (bicyclic) bond motifs is 2. The van der Waals surface area contributed by atoms with E-state index < -0.39 is 6.67 Å². The number of halogens is 2. The molecule has 106 valence electrons. The zero-order valence-electron chi connectivity index (χ0n) is 11.0. The molecule has 2 fully saturated rings. The summed E-state index contributed by atoms with van der Waals surface area (Å²) in [5.41, 5.74) is 1.82. The van der Waals surface area contributed by atoms with E-state index in [2.05, 4.69) is 5.32 Å². The van der Waals surface area contributed by atoms with E-state index in [0.29, 0.717) is 24.8 Å². The van der Waals surface area contributed by atoms with Crippen molar-refractivity contribution in [2.45, 2.75) is 57.2 Å². The highest BCUT2D eigenvalue weighted by molar-refractivity contribution is 5.85. The third-order valence-corrected chi connectivity index (χ3v) is 4.06. The summed E-state index contributed by atoms with van der Waals surface area (Å²) < 4.78 is 18.5. The van der Waals surface area contributed by atoms with Crippen molar-refractivity contribution >= 4 is 12.4 Å². The molecule has 2 aliphatic heterocycles. The van der Waals surface area contributed by atoms with Gasteiger partial charge in [-0.3, -0.25) is 0 Å². The second kappa shape index (κ2) is 6.69. The minimum atomic E-state index is -0.397. The molecule has 0 amide bonds. The maximum atomic E-state index is 12.6. The van der Waals surface area contributed by atoms with Crippen LogP contribution in [-0.2, 0) is 18.0 Å². The highest BCUT2D eigenvalue weighted by atomic mass is 35.5. The summed E-state index contributed by atoms with van der Waals surface area (Å²) in [4.78, 5) is 0. The molecular formula is C15H21ClFNO. The van der Waals surface area contributed by atoms with Gasteiger partial charge in [0.2, 0.25) is 0 Å². The number of benzene rings is 1. The van der Waals surface area contributed by atoms with Crippen molar-refractivity contribution in [1.82, 2.24) is 5.32 Å². The molecule has 0 unspecified atom stereocenters. The number of ether oxygens (including phenoxy) is 1. The van der Waals surface area contributed by atoms with Crippen molar-refractivity contribution in [2.75, 3.05) is 0 Å². The molecule has 2 heterocycles. The molecule has 3 atom stereocenters. The van der Waals surface area contributed by atoms with Crippen LogP contribution in [0.1, 0.15) is 36.8 Å². The molecule has 1 aromatic carbocycles. The largest absolute Gasteiger partial charge is 0.373 e. The first-order valence-corrected chi connectivity index (χ1v) is 6.85. The van der Waals surface area contributed by atoms with Crippen LogP contribution in [0.5, 0.6) is 0 Å². The van der Waals surface area contributed by atoms with Crippen molar-refractivity contribution in [3.8, 4) is 0 Å². The molecule has 19 heavy (non-hydrogen) atoms. The number of rotatable bonds is 4. The van der Waals surface area contributed by atoms with Crippen molar-refractivity contribution < 1.29 is 9.13 Å². The van der Waals surface area contributed by atoms with E-state index in [0.717, 1.165) is 24.0 Å². The second-order valence-electron chi connectivity index (χ2n) is 5.50. The van der Waals surface area contributed by atoms with Gasteiger partial charge in [0.05, 0.1) is 12.7 Å². The summed E-state index contributed by atoms with van der Waals surface area (Å²) in [6.45, 7) is 0.212. The van der Waals surface area contributed by atoms with Crippen LogP contribution in [0.3, 0.4) is 0 Å². The predicted octanol–water partition coefficient (Wildman–Crippen LogP) is 3.38. The lowest BCUT2D eigenvalue weighted by atomic mass is 10.0. The summed E-state index contributed by atoms with van der Waals surface area (Å²) in [5, 5.41) is 3.61. The summed E-state index contributed by atoms with van der Waals surface area (Å²) in [7, 11) is 0. The SMILES string of the molecule is Cl.FCc1cccc(CO[C@H]2C[C@H]3CC[C@@H](C2)N3)c1. The Morgan fingerprint density at radius 3 is 2.53 bits per heavy atom. The second-order valence-corrected chi connectivity index (χ2v) is 5.50. The molecular weight excluding hydrogens is 265 g/mol. The highest BCUT2D eigenvalue weighted by Gasteiger charge is 2.33. The first-order valence-electron chi connectivity index (χ1n) is 6.85. The van der Waals surface area contributed by atoms with Crippen LogP contribution in [0.4, 0.5) is 4.39 Å². The Morgan fingerprint density at radius 1 is 1.16 bits per heavy atom. The molecule has 0 aliphatic carbocycles. The van der Waals surface area contributed by atoms with E-state index >= 15 is 0 Å². The van der Waals surface area contributed by atoms with Gasteiger partial charge in [-0.15, -0.1) is 12.4 Å². The van der Waals surface area contributed by atoms with Crippen molar-refractivity contribution in [1.29, 1.82) is 0 Å². The van der Waals surface area contributed by atoms with Crippen LogP contribution in [0, 0.1) is 0 Å². The van der Waals surface area contributed by atoms with Crippen LogP contribution in [-0.4, -0.2) is 18.2 Å². The van der Waals surface area contributed by atoms with Gasteiger partial charge in [0.25, 0.3) is 0 Å². The van der Waals surface area contributed by atoms with E-state index in [4.69, 9.17) is 4.74 Å². The topological polar surface area (TPSA) is 21.3 Å². The monoisotopic (exact) mass is 285 g/mol. The first kappa shape index (κ1) is 14.8. The van der Waals surface area contributed by atoms with E-state index in [1.54, 1.807) is 0 Å². The molecule has 2 aliphatic rings. The van der Waals surface area contributed by atoms with Crippen molar-refractivity contribution in [3.63, 3.8) is 0 Å². The number of alkyl halides is 1. The van der Waals surface area contributed by atoms with Gasteiger partial charge in [-0.25, -0.2) is 4.39 Å². The fourth-order valence-electron chi connectivity index (χ4n) is 3.16. The maximum Gasteiger partial charge on any atom is 0.115 e. The number of hydrogen-bond donors (Lipinski definition) is 1. The van der Waals surface area contributed by atoms with Gasteiger partial charge in [-0.2, -0.15) is 0 Å². The average molecular weight is 286 g/mol. The molecule has 1 aromatic rings. The lowest BCUT2D eigenvalue weighted by Gasteiger charge is -2.29. The molecule has 0 aromatic heterocycles. The number of piperidine rings is 1. The van der Waals surface area contributed by atoms with Gasteiger partial charge >= 0.3 is 0 Å². The molecule has 2 saturated heterocycles. The summed E-state index contributed by atoms with van der Waals surface area (Å²) in [6, 6.07) is 8.94. The molecule has 1 N–H and O–H groups in total. The Hall–Kier alpha value is -0.640. The first-order chi connectivity index (χ1) is 8.83. The van der Waals surface area contributed by atoms with Crippen LogP contribution >= 0.6 is 12.4 Å². The van der Waals surface area contributed by atoms with Crippen molar-refractivity contribution in [2.24, 2.45) is 0 Å². The lowest BCUT2D eigenvalue weighted by molar-refractivity contribution is 0.00914. The van der Waals surface area contributed by atoms with Crippen LogP contribution in [0.2, 0.25) is 0 Å². The summed E-state index contributed by atoms with van der Waals surface area (Å²) in [6.07, 6.45) is 5.21. The Kier molecular flexibility index (Phi) is 5.20. The Balaban J connectivity index is 0.00000133. The average Bonchev–Trinajstić information content (AvgIpc) is 2.76. The standard InChI is InChI=1S/C15H20FNO.ClH/c16-9-11-2-1-3-12(6-11)10-18-15-7-13-4-5-14(8-15)17-13;/h1-3,6,13-15,17H,4-5,7-10H2;1H/t13-,14+,15+;. The maximum absolute atomic E-state index is 12.6. The third-order valence-electron chi connectivity index (χ3n) is 4.06. The van der Waals surface area contributed by atoms with Gasteiger partial charge in [0, 0.05) is 12.1 Å². The van der Waals surface area contributed by atoms with Gasteiger partial charge in [0.15, 0.2) is 0 Å². The third kappa shape index (κ3) is 3.68. The van der Waals surface area contributed by atoms with Crippen molar-refractivity contribution in [3.05, 3.63) is 35.4 Å². The number of hydrogen-bond acceptors (Lipinski definition) is 2. The molecule has 2 bridgehead atoms. The smallest absolute Gasteiger partial charge is 0.115 e. The Morgan fingerprint density at radius 2 is 1.84 bits per heavy atom. The summed E-state index contributed by atoms with van der Waals surface area (Å²) >= 11 is 0. The molecule has 3 rings (SSSR count). The molecule has 0 saturated carbocycles. The van der Waals surface area contributed by atoms with Crippen LogP contribution in [0.15, 0.2) is 24.3 Å². The molecule has 4 heteroatoms. The van der Waals surface area contributed by atoms with E-state index in [-0.39, 0.29) is 12.4 Å². The van der Waals surface area contributed by atoms with E-state index in [9.17, 15) is 4.39 Å². The number of nitrogens with one attached hydrogen (secondary N) is 1. The normalized spacial score (nSPS) is 29.0. The predicted molar refractivity (Wildman–Crippen MR) is 76.3 cm³/mol. The fourth-order valence-corrected chi connectivity index (χ4v) is 3.16. The quantitative estimate of drug-likeness (QED) is 0.916. The van der Waals surface area contributed by atoms with Gasteiger partial charge < -0.3 is 10.1 Å². The Bertz CT molecular complexity index is 403. The minimum absolute atomic E-state index is 0. The van der Waals surface area contributed by atoms with Crippen LogP contribution in [0.25, 0.3) is 0 Å². The van der Waals surface area contributed by atoms with E-state index in [1.165, 1.54) is 12.8 Å². The fraction of sp³-hybridized carbons (Fsp3) is 0.600.